The number of allylic oxidation sites excluding steroid dienone is 1. The van der Waals surface area contributed by atoms with Crippen LogP contribution >= 0.6 is 0 Å². The number of rotatable bonds is 5. The summed E-state index contributed by atoms with van der Waals surface area (Å²) in [5.41, 5.74) is 1.50. The number of epoxide rings is 1. The average Bonchev–Trinajstić information content (AvgIpc) is 3.25. The summed E-state index contributed by atoms with van der Waals surface area (Å²) in [4.78, 5) is 23.0. The van der Waals surface area contributed by atoms with Crippen LogP contribution in [0.3, 0.4) is 0 Å². The van der Waals surface area contributed by atoms with Crippen LogP contribution in [0.2, 0.25) is 0 Å². The van der Waals surface area contributed by atoms with E-state index in [4.69, 9.17) is 14.2 Å². The first-order chi connectivity index (χ1) is 10.4. The second-order valence-electron chi connectivity index (χ2n) is 5.42. The molecular formula is C17H20O5. The van der Waals surface area contributed by atoms with Crippen LogP contribution in [0, 0.1) is 6.92 Å². The van der Waals surface area contributed by atoms with E-state index in [9.17, 15) is 9.59 Å². The zero-order valence-corrected chi connectivity index (χ0v) is 13.3. The van der Waals surface area contributed by atoms with Gasteiger partial charge in [0, 0.05) is 18.1 Å². The van der Waals surface area contributed by atoms with Crippen LogP contribution < -0.4 is 4.74 Å². The summed E-state index contributed by atoms with van der Waals surface area (Å²) < 4.78 is 16.0. The Bertz CT molecular complexity index is 626. The van der Waals surface area contributed by atoms with Gasteiger partial charge in [-0.05, 0) is 32.4 Å². The SMILES string of the molecule is C/C=C(/C)C(=O)Oc1cc(C)ccc1[C@]1(COC(C)=O)CO1. The summed E-state index contributed by atoms with van der Waals surface area (Å²) in [6.45, 7) is 7.27. The van der Waals surface area contributed by atoms with Crippen molar-refractivity contribution in [3.05, 3.63) is 41.0 Å². The fourth-order valence-corrected chi connectivity index (χ4v) is 2.01. The molecule has 0 saturated carbocycles. The fourth-order valence-electron chi connectivity index (χ4n) is 2.01. The van der Waals surface area contributed by atoms with E-state index in [1.54, 1.807) is 26.0 Å². The summed E-state index contributed by atoms with van der Waals surface area (Å²) in [5, 5.41) is 0. The summed E-state index contributed by atoms with van der Waals surface area (Å²) in [6.07, 6.45) is 1.69. The average molecular weight is 304 g/mol. The van der Waals surface area contributed by atoms with Crippen LogP contribution in [0.5, 0.6) is 5.75 Å². The molecule has 0 aromatic heterocycles. The Hall–Kier alpha value is -2.14. The quantitative estimate of drug-likeness (QED) is 0.362. The standard InChI is InChI=1S/C17H20O5/c1-5-12(3)16(19)22-15-8-11(2)6-7-14(15)17(10-21-17)9-20-13(4)18/h5-8H,9-10H2,1-4H3/b12-5-/t17-/m0/s1. The molecule has 5 nitrogen and oxygen atoms in total. The zero-order chi connectivity index (χ0) is 16.3. The molecule has 2 rings (SSSR count). The Morgan fingerprint density at radius 3 is 2.59 bits per heavy atom. The van der Waals surface area contributed by atoms with Crippen molar-refractivity contribution in [2.24, 2.45) is 0 Å². The summed E-state index contributed by atoms with van der Waals surface area (Å²) in [7, 11) is 0. The van der Waals surface area contributed by atoms with E-state index in [1.165, 1.54) is 6.92 Å². The number of aryl methyl sites for hydroxylation is 1. The molecule has 118 valence electrons. The summed E-state index contributed by atoms with van der Waals surface area (Å²) in [5.74, 6) is -0.334. The maximum Gasteiger partial charge on any atom is 0.338 e. The van der Waals surface area contributed by atoms with Crippen LogP contribution in [0.25, 0.3) is 0 Å². The molecule has 1 aliphatic rings. The van der Waals surface area contributed by atoms with E-state index < -0.39 is 11.6 Å². The van der Waals surface area contributed by atoms with Crippen LogP contribution in [0.15, 0.2) is 29.8 Å². The minimum absolute atomic E-state index is 0.110. The molecule has 1 aliphatic heterocycles. The third-order valence-corrected chi connectivity index (χ3v) is 3.59. The van der Waals surface area contributed by atoms with Crippen LogP contribution in [-0.2, 0) is 24.7 Å². The molecule has 0 bridgehead atoms. The Morgan fingerprint density at radius 1 is 1.36 bits per heavy atom. The predicted molar refractivity (Wildman–Crippen MR) is 80.5 cm³/mol. The normalized spacial score (nSPS) is 20.5. The number of hydrogen-bond donors (Lipinski definition) is 0. The topological polar surface area (TPSA) is 65.1 Å². The van der Waals surface area contributed by atoms with Gasteiger partial charge in [-0.25, -0.2) is 4.79 Å². The highest BCUT2D eigenvalue weighted by molar-refractivity contribution is 5.89. The number of carbonyl (C=O) groups excluding carboxylic acids is 2. The van der Waals surface area contributed by atoms with Crippen LogP contribution in [0.4, 0.5) is 0 Å². The first-order valence-corrected chi connectivity index (χ1v) is 7.11. The molecule has 0 spiro atoms. The maximum atomic E-state index is 12.0. The molecule has 22 heavy (non-hydrogen) atoms. The Morgan fingerprint density at radius 2 is 2.05 bits per heavy atom. The smallest absolute Gasteiger partial charge is 0.338 e. The van der Waals surface area contributed by atoms with E-state index >= 15 is 0 Å². The highest BCUT2D eigenvalue weighted by Crippen LogP contribution is 2.44. The van der Waals surface area contributed by atoms with E-state index in [0.717, 1.165) is 11.1 Å². The minimum Gasteiger partial charge on any atom is -0.462 e. The molecular weight excluding hydrogens is 284 g/mol. The lowest BCUT2D eigenvalue weighted by molar-refractivity contribution is -0.143. The molecule has 0 N–H and O–H groups in total. The van der Waals surface area contributed by atoms with Gasteiger partial charge in [-0.1, -0.05) is 18.2 Å². The van der Waals surface area contributed by atoms with Gasteiger partial charge in [-0.2, -0.15) is 0 Å². The van der Waals surface area contributed by atoms with Gasteiger partial charge in [-0.3, -0.25) is 4.79 Å². The highest BCUT2D eigenvalue weighted by atomic mass is 16.6. The zero-order valence-electron chi connectivity index (χ0n) is 13.3. The van der Waals surface area contributed by atoms with Crippen molar-refractivity contribution in [1.29, 1.82) is 0 Å². The first kappa shape index (κ1) is 16.2. The van der Waals surface area contributed by atoms with Gasteiger partial charge in [0.1, 0.15) is 12.4 Å². The van der Waals surface area contributed by atoms with Gasteiger partial charge in [0.2, 0.25) is 0 Å². The molecule has 1 aromatic carbocycles. The van der Waals surface area contributed by atoms with Gasteiger partial charge in [0.15, 0.2) is 5.60 Å². The van der Waals surface area contributed by atoms with Gasteiger partial charge in [-0.15, -0.1) is 0 Å². The second kappa shape index (κ2) is 6.32. The predicted octanol–water partition coefficient (Wildman–Crippen LogP) is 2.66. The fraction of sp³-hybridized carbons (Fsp3) is 0.412. The molecule has 1 atom stereocenters. The maximum absolute atomic E-state index is 12.0. The number of esters is 2. The molecule has 0 unspecified atom stereocenters. The van der Waals surface area contributed by atoms with Crippen molar-refractivity contribution < 1.29 is 23.8 Å². The van der Waals surface area contributed by atoms with E-state index in [-0.39, 0.29) is 12.6 Å². The van der Waals surface area contributed by atoms with Gasteiger partial charge < -0.3 is 14.2 Å². The molecule has 1 heterocycles. The Balaban J connectivity index is 2.28. The lowest BCUT2D eigenvalue weighted by atomic mass is 9.98. The number of hydrogen-bond acceptors (Lipinski definition) is 5. The van der Waals surface area contributed by atoms with Crippen LogP contribution in [-0.4, -0.2) is 25.2 Å². The third kappa shape index (κ3) is 3.54. The van der Waals surface area contributed by atoms with Crippen molar-refractivity contribution in [2.45, 2.75) is 33.3 Å². The van der Waals surface area contributed by atoms with Crippen molar-refractivity contribution in [2.75, 3.05) is 13.2 Å². The van der Waals surface area contributed by atoms with Crippen molar-refractivity contribution >= 4 is 11.9 Å². The van der Waals surface area contributed by atoms with Crippen molar-refractivity contribution in [1.82, 2.24) is 0 Å². The van der Waals surface area contributed by atoms with E-state index in [1.807, 2.05) is 19.1 Å². The lowest BCUT2D eigenvalue weighted by Crippen LogP contribution is -2.21. The molecule has 1 aromatic rings. The third-order valence-electron chi connectivity index (χ3n) is 3.59. The van der Waals surface area contributed by atoms with Crippen molar-refractivity contribution in [3.8, 4) is 5.75 Å². The van der Waals surface area contributed by atoms with Crippen LogP contribution in [0.1, 0.15) is 31.9 Å². The highest BCUT2D eigenvalue weighted by Gasteiger charge is 2.50. The summed E-state index contributed by atoms with van der Waals surface area (Å²) in [6, 6.07) is 5.54. The Kier molecular flexibility index (Phi) is 4.66. The number of ether oxygens (including phenoxy) is 3. The minimum atomic E-state index is -0.710. The molecule has 0 aliphatic carbocycles. The molecule has 0 amide bonds. The number of carbonyl (C=O) groups is 2. The molecule has 1 saturated heterocycles. The van der Waals surface area contributed by atoms with Gasteiger partial charge in [0.25, 0.3) is 0 Å². The molecule has 5 heteroatoms. The first-order valence-electron chi connectivity index (χ1n) is 7.11. The molecule has 0 radical (unpaired) electrons. The monoisotopic (exact) mass is 304 g/mol. The summed E-state index contributed by atoms with van der Waals surface area (Å²) >= 11 is 0. The van der Waals surface area contributed by atoms with E-state index in [2.05, 4.69) is 0 Å². The van der Waals surface area contributed by atoms with E-state index in [0.29, 0.717) is 17.9 Å². The van der Waals surface area contributed by atoms with Gasteiger partial charge in [0.05, 0.1) is 6.61 Å². The second-order valence-corrected chi connectivity index (χ2v) is 5.42. The molecule has 1 fully saturated rings. The lowest BCUT2D eigenvalue weighted by Gasteiger charge is -2.17. The Labute approximate surface area is 129 Å². The largest absolute Gasteiger partial charge is 0.462 e. The van der Waals surface area contributed by atoms with Crippen molar-refractivity contribution in [3.63, 3.8) is 0 Å². The number of benzene rings is 1. The van der Waals surface area contributed by atoms with Gasteiger partial charge >= 0.3 is 11.9 Å².